The molecule has 1 aliphatic heterocycles. The van der Waals surface area contributed by atoms with E-state index < -0.39 is 5.82 Å². The fourth-order valence-electron chi connectivity index (χ4n) is 2.88. The Morgan fingerprint density at radius 2 is 2.04 bits per heavy atom. The smallest absolute Gasteiger partial charge is 0.252 e. The van der Waals surface area contributed by atoms with Gasteiger partial charge in [-0.3, -0.25) is 14.5 Å². The second-order valence-corrected chi connectivity index (χ2v) is 6.17. The lowest BCUT2D eigenvalue weighted by atomic mass is 10.1. The van der Waals surface area contributed by atoms with Gasteiger partial charge in [-0.05, 0) is 38.1 Å². The lowest BCUT2D eigenvalue weighted by molar-refractivity contribution is -0.121. The van der Waals surface area contributed by atoms with E-state index in [1.54, 1.807) is 7.05 Å². The van der Waals surface area contributed by atoms with E-state index in [1.807, 2.05) is 7.05 Å². The van der Waals surface area contributed by atoms with Crippen molar-refractivity contribution >= 4 is 23.4 Å². The van der Waals surface area contributed by atoms with E-state index in [4.69, 9.17) is 11.6 Å². The Balaban J connectivity index is 1.88. The summed E-state index contributed by atoms with van der Waals surface area (Å²) in [6.07, 6.45) is 2.29. The fraction of sp³-hybridized carbons (Fsp3) is 0.500. The first-order valence-electron chi connectivity index (χ1n) is 7.58. The third-order valence-electron chi connectivity index (χ3n) is 4.36. The third-order valence-corrected chi connectivity index (χ3v) is 4.67. The maximum atomic E-state index is 13.0. The molecular weight excluding hydrogens is 321 g/mol. The van der Waals surface area contributed by atoms with Gasteiger partial charge in [-0.15, -0.1) is 0 Å². The van der Waals surface area contributed by atoms with Crippen LogP contribution in [0.2, 0.25) is 5.02 Å². The summed E-state index contributed by atoms with van der Waals surface area (Å²) in [6.45, 7) is 0.466. The van der Waals surface area contributed by atoms with Gasteiger partial charge in [0.25, 0.3) is 5.91 Å². The summed E-state index contributed by atoms with van der Waals surface area (Å²) >= 11 is 5.89. The zero-order chi connectivity index (χ0) is 17.0. The minimum absolute atomic E-state index is 0.0182. The van der Waals surface area contributed by atoms with Gasteiger partial charge in [0, 0.05) is 32.1 Å². The predicted molar refractivity (Wildman–Crippen MR) is 87.0 cm³/mol. The van der Waals surface area contributed by atoms with Crippen LogP contribution in [0.3, 0.4) is 0 Å². The van der Waals surface area contributed by atoms with E-state index in [2.05, 4.69) is 15.5 Å². The molecule has 1 heterocycles. The minimum Gasteiger partial charge on any atom is -0.359 e. The van der Waals surface area contributed by atoms with Gasteiger partial charge in [0.1, 0.15) is 5.82 Å². The van der Waals surface area contributed by atoms with Crippen molar-refractivity contribution in [1.82, 2.24) is 15.5 Å². The molecule has 2 rings (SSSR count). The second kappa shape index (κ2) is 7.75. The molecule has 0 saturated carbocycles. The molecule has 1 aromatic rings. The number of likely N-dealkylation sites (tertiary alicyclic amines) is 1. The van der Waals surface area contributed by atoms with Crippen LogP contribution >= 0.6 is 11.6 Å². The highest BCUT2D eigenvalue weighted by Gasteiger charge is 2.31. The molecule has 1 saturated heterocycles. The van der Waals surface area contributed by atoms with Gasteiger partial charge in [0.2, 0.25) is 5.91 Å². The van der Waals surface area contributed by atoms with Crippen LogP contribution in [0.25, 0.3) is 0 Å². The third kappa shape index (κ3) is 4.42. The zero-order valence-electron chi connectivity index (χ0n) is 13.2. The Morgan fingerprint density at radius 3 is 2.70 bits per heavy atom. The van der Waals surface area contributed by atoms with Crippen LogP contribution in [0.1, 0.15) is 29.6 Å². The van der Waals surface area contributed by atoms with Crippen LogP contribution in [0.15, 0.2) is 18.2 Å². The Morgan fingerprint density at radius 1 is 1.35 bits per heavy atom. The first kappa shape index (κ1) is 17.7. The molecule has 1 aromatic carbocycles. The average molecular weight is 342 g/mol. The molecule has 0 spiro atoms. The number of rotatable bonds is 5. The predicted octanol–water partition coefficient (Wildman–Crippen LogP) is 1.81. The molecule has 126 valence electrons. The van der Waals surface area contributed by atoms with E-state index in [0.29, 0.717) is 13.0 Å². The van der Waals surface area contributed by atoms with Crippen molar-refractivity contribution in [1.29, 1.82) is 0 Å². The minimum atomic E-state index is -0.473. The molecule has 0 aromatic heterocycles. The number of benzene rings is 1. The molecule has 7 heteroatoms. The normalized spacial score (nSPS) is 21.2. The topological polar surface area (TPSA) is 61.4 Å². The summed E-state index contributed by atoms with van der Waals surface area (Å²) in [5, 5.41) is 5.56. The lowest BCUT2D eigenvalue weighted by Crippen LogP contribution is -2.42. The van der Waals surface area contributed by atoms with Crippen molar-refractivity contribution < 1.29 is 14.0 Å². The fourth-order valence-corrected chi connectivity index (χ4v) is 3.13. The van der Waals surface area contributed by atoms with Crippen LogP contribution in [-0.4, -0.2) is 49.4 Å². The molecule has 2 atom stereocenters. The van der Waals surface area contributed by atoms with Crippen molar-refractivity contribution in [2.75, 3.05) is 20.6 Å². The van der Waals surface area contributed by atoms with Gasteiger partial charge in [-0.25, -0.2) is 4.39 Å². The summed E-state index contributed by atoms with van der Waals surface area (Å²) in [5.41, 5.74) is 0.260. The summed E-state index contributed by atoms with van der Waals surface area (Å²) in [7, 11) is 3.59. The van der Waals surface area contributed by atoms with Crippen LogP contribution in [0.5, 0.6) is 0 Å². The Labute approximate surface area is 140 Å². The number of hydrogen-bond donors (Lipinski definition) is 2. The Hall–Kier alpha value is -1.66. The Kier molecular flexibility index (Phi) is 5.96. The SMILES string of the molecule is CNC(=O)C[C@H]1CC[C@@H](CNC(=O)c2ccc(F)cc2Cl)N1C. The molecule has 0 unspecified atom stereocenters. The first-order chi connectivity index (χ1) is 10.9. The number of nitrogens with one attached hydrogen (secondary N) is 2. The Bertz CT molecular complexity index is 597. The quantitative estimate of drug-likeness (QED) is 0.858. The second-order valence-electron chi connectivity index (χ2n) is 5.76. The number of likely N-dealkylation sites (N-methyl/N-ethyl adjacent to an activating group) is 1. The van der Waals surface area contributed by atoms with E-state index >= 15 is 0 Å². The number of carbonyl (C=O) groups excluding carboxylic acids is 2. The molecule has 23 heavy (non-hydrogen) atoms. The standard InChI is InChI=1S/C16H21ClFN3O2/c1-19-15(22)8-11-4-5-12(21(11)2)9-20-16(23)13-6-3-10(18)7-14(13)17/h3,6-7,11-12H,4-5,8-9H2,1-2H3,(H,19,22)(H,20,23)/t11-,12+/m1/s1. The average Bonchev–Trinajstić information content (AvgIpc) is 2.85. The molecule has 0 bridgehead atoms. The maximum absolute atomic E-state index is 13.0. The number of nitrogens with zero attached hydrogens (tertiary/aromatic N) is 1. The molecule has 0 aliphatic carbocycles. The zero-order valence-corrected chi connectivity index (χ0v) is 14.0. The highest BCUT2D eigenvalue weighted by molar-refractivity contribution is 6.33. The van der Waals surface area contributed by atoms with E-state index in [1.165, 1.54) is 12.1 Å². The van der Waals surface area contributed by atoms with Crippen molar-refractivity contribution in [3.05, 3.63) is 34.6 Å². The summed E-state index contributed by atoms with van der Waals surface area (Å²) < 4.78 is 13.0. The molecule has 5 nitrogen and oxygen atoms in total. The number of amides is 2. The largest absolute Gasteiger partial charge is 0.359 e. The van der Waals surface area contributed by atoms with Crippen LogP contribution in [0, 0.1) is 5.82 Å². The van der Waals surface area contributed by atoms with Gasteiger partial charge in [-0.2, -0.15) is 0 Å². The molecule has 1 fully saturated rings. The van der Waals surface area contributed by atoms with E-state index in [-0.39, 0.29) is 34.5 Å². The van der Waals surface area contributed by atoms with Gasteiger partial charge in [0.05, 0.1) is 10.6 Å². The van der Waals surface area contributed by atoms with E-state index in [0.717, 1.165) is 18.9 Å². The van der Waals surface area contributed by atoms with Crippen LogP contribution in [-0.2, 0) is 4.79 Å². The van der Waals surface area contributed by atoms with Gasteiger partial charge in [-0.1, -0.05) is 11.6 Å². The van der Waals surface area contributed by atoms with Gasteiger partial charge >= 0.3 is 0 Å². The monoisotopic (exact) mass is 341 g/mol. The van der Waals surface area contributed by atoms with Crippen molar-refractivity contribution in [3.8, 4) is 0 Å². The number of halogens is 2. The van der Waals surface area contributed by atoms with Crippen molar-refractivity contribution in [3.63, 3.8) is 0 Å². The van der Waals surface area contributed by atoms with E-state index in [9.17, 15) is 14.0 Å². The van der Waals surface area contributed by atoms with Crippen LogP contribution in [0.4, 0.5) is 4.39 Å². The van der Waals surface area contributed by atoms with Crippen molar-refractivity contribution in [2.45, 2.75) is 31.3 Å². The van der Waals surface area contributed by atoms with Gasteiger partial charge < -0.3 is 10.6 Å². The summed E-state index contributed by atoms with van der Waals surface area (Å²) in [6, 6.07) is 4.07. The number of carbonyl (C=O) groups is 2. The number of hydrogen-bond acceptors (Lipinski definition) is 3. The molecule has 2 N–H and O–H groups in total. The van der Waals surface area contributed by atoms with Gasteiger partial charge in [0.15, 0.2) is 0 Å². The molecular formula is C16H21ClFN3O2. The summed E-state index contributed by atoms with van der Waals surface area (Å²) in [4.78, 5) is 25.8. The molecule has 2 amide bonds. The van der Waals surface area contributed by atoms with Crippen LogP contribution < -0.4 is 10.6 Å². The molecule has 1 aliphatic rings. The highest BCUT2D eigenvalue weighted by Crippen LogP contribution is 2.24. The maximum Gasteiger partial charge on any atom is 0.252 e. The van der Waals surface area contributed by atoms with Crippen molar-refractivity contribution in [2.24, 2.45) is 0 Å². The lowest BCUT2D eigenvalue weighted by Gasteiger charge is -2.25. The molecule has 0 radical (unpaired) electrons. The summed E-state index contributed by atoms with van der Waals surface area (Å²) in [5.74, 6) is -0.776. The first-order valence-corrected chi connectivity index (χ1v) is 7.96. The highest BCUT2D eigenvalue weighted by atomic mass is 35.5.